The normalized spacial score (nSPS) is 17.5. The Labute approximate surface area is 207 Å². The van der Waals surface area contributed by atoms with Crippen molar-refractivity contribution in [1.29, 1.82) is 5.41 Å². The van der Waals surface area contributed by atoms with Crippen molar-refractivity contribution in [1.82, 2.24) is 19.5 Å². The van der Waals surface area contributed by atoms with Gasteiger partial charge in [0.25, 0.3) is 0 Å². The number of halogens is 1. The Morgan fingerprint density at radius 1 is 1.17 bits per heavy atom. The standard InChI is InChI=1S/C26H26FN7O2/c1-3-22(21-10-9-19(27)13-29-21)34(36)15-33-25(32-34)23(18-11-16(2)30-20(12-18)14-35)24(31-26(33)28)17-7-5-4-6-8-17/h4-13,22,28,32,35H,3,14-15H2,1-2H3. The van der Waals surface area contributed by atoms with Gasteiger partial charge in [0.05, 0.1) is 29.8 Å². The minimum atomic E-state index is -0.912. The number of quaternary nitrogens is 1. The second-order valence-electron chi connectivity index (χ2n) is 8.82. The van der Waals surface area contributed by atoms with E-state index in [1.165, 1.54) is 12.1 Å². The van der Waals surface area contributed by atoms with Crippen LogP contribution in [0.25, 0.3) is 22.4 Å². The van der Waals surface area contributed by atoms with E-state index in [1.807, 2.05) is 50.2 Å². The first kappa shape index (κ1) is 23.7. The summed E-state index contributed by atoms with van der Waals surface area (Å²) in [6.07, 6.45) is 1.54. The molecule has 0 saturated heterocycles. The van der Waals surface area contributed by atoms with Crippen molar-refractivity contribution in [2.45, 2.75) is 39.6 Å². The minimum Gasteiger partial charge on any atom is -0.604 e. The molecular weight excluding hydrogens is 461 g/mol. The molecule has 1 aromatic carbocycles. The van der Waals surface area contributed by atoms with Crippen molar-refractivity contribution in [3.8, 4) is 22.4 Å². The molecule has 2 unspecified atom stereocenters. The topological polar surface area (TPSA) is 123 Å². The molecule has 5 rings (SSSR count). The molecule has 0 bridgehead atoms. The van der Waals surface area contributed by atoms with Gasteiger partial charge in [-0.1, -0.05) is 37.3 Å². The number of anilines is 1. The van der Waals surface area contributed by atoms with Crippen LogP contribution in [0.4, 0.5) is 10.2 Å². The molecule has 1 aliphatic rings. The van der Waals surface area contributed by atoms with Crippen LogP contribution in [0.2, 0.25) is 0 Å². The zero-order chi connectivity index (χ0) is 25.4. The Hall–Kier alpha value is -3.99. The van der Waals surface area contributed by atoms with Gasteiger partial charge in [-0.15, -0.1) is 0 Å². The van der Waals surface area contributed by atoms with Crippen molar-refractivity contribution in [2.24, 2.45) is 0 Å². The lowest BCUT2D eigenvalue weighted by Gasteiger charge is -2.42. The average molecular weight is 488 g/mol. The highest BCUT2D eigenvalue weighted by Gasteiger charge is 2.40. The van der Waals surface area contributed by atoms with Crippen LogP contribution in [0, 0.1) is 23.4 Å². The predicted octanol–water partition coefficient (Wildman–Crippen LogP) is 4.19. The van der Waals surface area contributed by atoms with E-state index in [9.17, 15) is 14.7 Å². The molecule has 4 aromatic rings. The molecule has 36 heavy (non-hydrogen) atoms. The number of fused-ring (bicyclic) bond motifs is 1. The number of rotatable bonds is 6. The van der Waals surface area contributed by atoms with E-state index >= 15 is 0 Å². The first-order valence-corrected chi connectivity index (χ1v) is 11.6. The largest absolute Gasteiger partial charge is 0.604 e. The van der Waals surface area contributed by atoms with Crippen LogP contribution in [0.15, 0.2) is 60.8 Å². The zero-order valence-electron chi connectivity index (χ0n) is 19.9. The fraction of sp³-hybridized carbons (Fsp3) is 0.231. The van der Waals surface area contributed by atoms with Gasteiger partial charge >= 0.3 is 0 Å². The molecule has 10 heteroatoms. The highest BCUT2D eigenvalue weighted by Crippen LogP contribution is 2.42. The van der Waals surface area contributed by atoms with E-state index < -0.39 is 16.6 Å². The van der Waals surface area contributed by atoms with E-state index in [0.29, 0.717) is 40.6 Å². The second-order valence-corrected chi connectivity index (χ2v) is 8.82. The van der Waals surface area contributed by atoms with Gasteiger partial charge < -0.3 is 10.3 Å². The molecule has 4 heterocycles. The number of nitrogens with one attached hydrogen (secondary N) is 2. The molecule has 0 spiro atoms. The average Bonchev–Trinajstić information content (AvgIpc) is 3.24. The number of aliphatic hydroxyl groups excluding tert-OH is 1. The van der Waals surface area contributed by atoms with Crippen LogP contribution in [-0.4, -0.2) is 29.4 Å². The van der Waals surface area contributed by atoms with Crippen LogP contribution < -0.4 is 11.0 Å². The van der Waals surface area contributed by atoms with E-state index in [1.54, 1.807) is 10.6 Å². The van der Waals surface area contributed by atoms with Crippen LogP contribution in [-0.2, 0) is 13.3 Å². The van der Waals surface area contributed by atoms with Gasteiger partial charge in [-0.25, -0.2) is 24.1 Å². The maximum Gasteiger partial charge on any atom is 0.228 e. The number of aryl methyl sites for hydroxylation is 1. The van der Waals surface area contributed by atoms with E-state index in [-0.39, 0.29) is 18.9 Å². The van der Waals surface area contributed by atoms with Gasteiger partial charge in [-0.3, -0.25) is 15.4 Å². The summed E-state index contributed by atoms with van der Waals surface area (Å²) in [5, 5.41) is 32.7. The number of benzene rings is 1. The van der Waals surface area contributed by atoms with Gasteiger partial charge in [0, 0.05) is 17.7 Å². The zero-order valence-corrected chi connectivity index (χ0v) is 19.9. The quantitative estimate of drug-likeness (QED) is 0.277. The van der Waals surface area contributed by atoms with Crippen molar-refractivity contribution in [3.05, 3.63) is 94.5 Å². The Balaban J connectivity index is 1.72. The Morgan fingerprint density at radius 2 is 1.94 bits per heavy atom. The molecule has 2 atom stereocenters. The highest BCUT2D eigenvalue weighted by molar-refractivity contribution is 5.88. The monoisotopic (exact) mass is 487 g/mol. The van der Waals surface area contributed by atoms with Crippen molar-refractivity contribution < 1.29 is 14.3 Å². The maximum absolute atomic E-state index is 14.3. The minimum absolute atomic E-state index is 0.0639. The summed E-state index contributed by atoms with van der Waals surface area (Å²) in [4.78, 5) is 13.1. The summed E-state index contributed by atoms with van der Waals surface area (Å²) >= 11 is 0. The summed E-state index contributed by atoms with van der Waals surface area (Å²) in [6.45, 7) is 3.35. The fourth-order valence-corrected chi connectivity index (χ4v) is 4.77. The fourth-order valence-electron chi connectivity index (χ4n) is 4.77. The summed E-state index contributed by atoms with van der Waals surface area (Å²) in [6, 6.07) is 15.3. The smallest absolute Gasteiger partial charge is 0.228 e. The number of hydroxylamine groups is 2. The molecule has 0 aliphatic carbocycles. The summed E-state index contributed by atoms with van der Waals surface area (Å²) in [5.41, 5.74) is 7.38. The highest BCUT2D eigenvalue weighted by atomic mass is 19.1. The molecular formula is C26H26FN7O2. The maximum atomic E-state index is 14.3. The number of hydrogen-bond acceptors (Lipinski definition) is 7. The lowest BCUT2D eigenvalue weighted by molar-refractivity contribution is -0.905. The Bertz CT molecular complexity index is 1470. The van der Waals surface area contributed by atoms with Crippen molar-refractivity contribution in [3.63, 3.8) is 0 Å². The van der Waals surface area contributed by atoms with Gasteiger partial charge in [0.1, 0.15) is 11.5 Å². The molecule has 3 aromatic heterocycles. The third-order valence-electron chi connectivity index (χ3n) is 6.35. The Kier molecular flexibility index (Phi) is 6.09. The summed E-state index contributed by atoms with van der Waals surface area (Å²) in [5.74, 6) is -0.0304. The third kappa shape index (κ3) is 4.15. The van der Waals surface area contributed by atoms with Gasteiger partial charge in [0.15, 0.2) is 18.5 Å². The number of hydrogen-bond donors (Lipinski definition) is 3. The van der Waals surface area contributed by atoms with Crippen LogP contribution in [0.1, 0.15) is 36.5 Å². The molecule has 0 radical (unpaired) electrons. The van der Waals surface area contributed by atoms with Crippen molar-refractivity contribution in [2.75, 3.05) is 5.43 Å². The molecule has 0 fully saturated rings. The third-order valence-corrected chi connectivity index (χ3v) is 6.35. The molecule has 0 amide bonds. The molecule has 9 nitrogen and oxygen atoms in total. The van der Waals surface area contributed by atoms with E-state index in [2.05, 4.69) is 20.4 Å². The lowest BCUT2D eigenvalue weighted by atomic mass is 9.99. The number of aromatic nitrogens is 4. The Morgan fingerprint density at radius 3 is 2.61 bits per heavy atom. The molecule has 184 valence electrons. The molecule has 0 saturated carbocycles. The summed E-state index contributed by atoms with van der Waals surface area (Å²) < 4.78 is 14.2. The predicted molar refractivity (Wildman–Crippen MR) is 132 cm³/mol. The van der Waals surface area contributed by atoms with E-state index in [4.69, 9.17) is 5.41 Å². The number of aliphatic hydroxyl groups is 1. The molecule has 1 aliphatic heterocycles. The second kappa shape index (κ2) is 9.23. The van der Waals surface area contributed by atoms with Gasteiger partial charge in [0.2, 0.25) is 5.62 Å². The number of pyridine rings is 2. The first-order valence-electron chi connectivity index (χ1n) is 11.6. The first-order chi connectivity index (χ1) is 17.3. The van der Waals surface area contributed by atoms with Gasteiger partial charge in [-0.2, -0.15) is 0 Å². The SMILES string of the molecule is CCC(c1ccc(F)cn1)[N+]1([O-])Cn2c(c(-c3cc(C)nc(CO)c3)c(-c3ccccc3)nc2=N)N1. The summed E-state index contributed by atoms with van der Waals surface area (Å²) in [7, 11) is 0. The van der Waals surface area contributed by atoms with Crippen LogP contribution >= 0.6 is 0 Å². The van der Waals surface area contributed by atoms with Gasteiger partial charge in [-0.05, 0) is 36.8 Å². The van der Waals surface area contributed by atoms with Crippen LogP contribution in [0.3, 0.4) is 0 Å². The number of nitrogens with zero attached hydrogens (tertiary/aromatic N) is 5. The lowest BCUT2D eigenvalue weighted by Crippen LogP contribution is -2.46. The molecule has 3 N–H and O–H groups in total. The van der Waals surface area contributed by atoms with Crippen LogP contribution in [0.5, 0.6) is 0 Å². The van der Waals surface area contributed by atoms with Crippen molar-refractivity contribution >= 4 is 5.82 Å². The van der Waals surface area contributed by atoms with E-state index in [0.717, 1.165) is 17.3 Å².